The van der Waals surface area contributed by atoms with Gasteiger partial charge in [0.2, 0.25) is 0 Å². The van der Waals surface area contributed by atoms with Gasteiger partial charge < -0.3 is 10.8 Å². The summed E-state index contributed by atoms with van der Waals surface area (Å²) in [5, 5.41) is 8.45. The summed E-state index contributed by atoms with van der Waals surface area (Å²) in [5.41, 5.74) is 5.20. The molecule has 0 aliphatic heterocycles. The molecule has 0 heterocycles. The van der Waals surface area contributed by atoms with Crippen molar-refractivity contribution in [1.29, 1.82) is 0 Å². The summed E-state index contributed by atoms with van der Waals surface area (Å²) in [7, 11) is -3.49. The maximum absolute atomic E-state index is 11.2. The van der Waals surface area contributed by atoms with E-state index in [1.807, 2.05) is 0 Å². The van der Waals surface area contributed by atoms with Gasteiger partial charge in [0, 0.05) is 12.6 Å². The summed E-state index contributed by atoms with van der Waals surface area (Å²) >= 11 is 0. The zero-order valence-corrected chi connectivity index (χ0v) is 8.96. The summed E-state index contributed by atoms with van der Waals surface area (Å²) in [6.45, 7) is 0.0233. The van der Waals surface area contributed by atoms with E-state index in [0.717, 1.165) is 12.8 Å². The highest BCUT2D eigenvalue weighted by Crippen LogP contribution is 2.19. The molecule has 0 spiro atoms. The van der Waals surface area contributed by atoms with Crippen molar-refractivity contribution in [2.45, 2.75) is 31.3 Å². The third-order valence-electron chi connectivity index (χ3n) is 1.96. The lowest BCUT2D eigenvalue weighted by Crippen LogP contribution is -2.41. The van der Waals surface area contributed by atoms with Gasteiger partial charge in [0.15, 0.2) is 0 Å². The predicted molar refractivity (Wildman–Crippen MR) is 53.3 cm³/mol. The molecule has 15 heavy (non-hydrogen) atoms. The van der Waals surface area contributed by atoms with Crippen LogP contribution in [0.3, 0.4) is 0 Å². The molecule has 5 N–H and O–H groups in total. The maximum Gasteiger partial charge on any atom is 0.320 e. The number of hydrogen-bond acceptors (Lipinski definition) is 4. The van der Waals surface area contributed by atoms with E-state index >= 15 is 0 Å². The second kappa shape index (κ2) is 4.88. The van der Waals surface area contributed by atoms with E-state index in [1.54, 1.807) is 0 Å². The standard InChI is InChI=1S/C7H15N3O4S/c8-6(7(11)12)3-4-9-15(13,14)10-5-1-2-5/h5-6,9-10H,1-4,8H2,(H,11,12). The predicted octanol–water partition coefficient (Wildman–Crippen LogP) is -1.63. The highest BCUT2D eigenvalue weighted by molar-refractivity contribution is 7.87. The maximum atomic E-state index is 11.2. The van der Waals surface area contributed by atoms with Crippen LogP contribution in [-0.2, 0) is 15.0 Å². The minimum absolute atomic E-state index is 0.0233. The Kier molecular flexibility index (Phi) is 4.03. The number of carboxylic acids is 1. The summed E-state index contributed by atoms with van der Waals surface area (Å²) in [4.78, 5) is 10.3. The van der Waals surface area contributed by atoms with Gasteiger partial charge in [-0.25, -0.2) is 4.72 Å². The van der Waals surface area contributed by atoms with Crippen LogP contribution in [0.25, 0.3) is 0 Å². The number of hydrogen-bond donors (Lipinski definition) is 4. The van der Waals surface area contributed by atoms with Crippen LogP contribution in [0.15, 0.2) is 0 Å². The third-order valence-corrected chi connectivity index (χ3v) is 3.19. The van der Waals surface area contributed by atoms with Gasteiger partial charge in [0.25, 0.3) is 10.2 Å². The Balaban J connectivity index is 2.20. The lowest BCUT2D eigenvalue weighted by atomic mass is 10.2. The number of rotatable bonds is 7. The van der Waals surface area contributed by atoms with Crippen molar-refractivity contribution in [2.24, 2.45) is 5.73 Å². The molecule has 0 bridgehead atoms. The Morgan fingerprint density at radius 3 is 2.60 bits per heavy atom. The van der Waals surface area contributed by atoms with Gasteiger partial charge in [-0.2, -0.15) is 13.1 Å². The van der Waals surface area contributed by atoms with Crippen LogP contribution in [0, 0.1) is 0 Å². The van der Waals surface area contributed by atoms with Gasteiger partial charge in [-0.05, 0) is 19.3 Å². The largest absolute Gasteiger partial charge is 0.480 e. The van der Waals surface area contributed by atoms with Crippen LogP contribution in [0.1, 0.15) is 19.3 Å². The lowest BCUT2D eigenvalue weighted by molar-refractivity contribution is -0.138. The van der Waals surface area contributed by atoms with E-state index in [-0.39, 0.29) is 19.0 Å². The molecule has 0 aromatic rings. The van der Waals surface area contributed by atoms with Gasteiger partial charge in [-0.3, -0.25) is 4.79 Å². The molecular formula is C7H15N3O4S. The Morgan fingerprint density at radius 2 is 2.13 bits per heavy atom. The van der Waals surface area contributed by atoms with Crippen LogP contribution in [0.2, 0.25) is 0 Å². The first-order valence-corrected chi connectivity index (χ1v) is 6.14. The summed E-state index contributed by atoms with van der Waals surface area (Å²) in [6.07, 6.45) is 1.78. The van der Waals surface area contributed by atoms with Crippen molar-refractivity contribution >= 4 is 16.2 Å². The highest BCUT2D eigenvalue weighted by atomic mass is 32.2. The van der Waals surface area contributed by atoms with E-state index < -0.39 is 22.2 Å². The molecule has 1 atom stereocenters. The van der Waals surface area contributed by atoms with E-state index in [4.69, 9.17) is 10.8 Å². The zero-order chi connectivity index (χ0) is 11.5. The molecule has 1 aliphatic rings. The van der Waals surface area contributed by atoms with Gasteiger partial charge in [-0.1, -0.05) is 0 Å². The SMILES string of the molecule is NC(CCNS(=O)(=O)NC1CC1)C(=O)O. The quantitative estimate of drug-likeness (QED) is 0.424. The molecule has 0 amide bonds. The fourth-order valence-electron chi connectivity index (χ4n) is 0.935. The number of carbonyl (C=O) groups is 1. The molecule has 7 nitrogen and oxygen atoms in total. The van der Waals surface area contributed by atoms with Crippen molar-refractivity contribution in [3.05, 3.63) is 0 Å². The summed E-state index contributed by atoms with van der Waals surface area (Å²) < 4.78 is 27.1. The average Bonchev–Trinajstić information content (AvgIpc) is 2.86. The summed E-state index contributed by atoms with van der Waals surface area (Å²) in [6, 6.07) is -0.996. The van der Waals surface area contributed by atoms with Crippen LogP contribution >= 0.6 is 0 Å². The van der Waals surface area contributed by atoms with Crippen molar-refractivity contribution in [3.63, 3.8) is 0 Å². The molecule has 0 aromatic carbocycles. The lowest BCUT2D eigenvalue weighted by Gasteiger charge is -2.08. The van der Waals surface area contributed by atoms with Crippen molar-refractivity contribution in [2.75, 3.05) is 6.54 Å². The number of carboxylic acid groups (broad SMARTS) is 1. The van der Waals surface area contributed by atoms with Crippen LogP contribution in [0.5, 0.6) is 0 Å². The van der Waals surface area contributed by atoms with Gasteiger partial charge in [-0.15, -0.1) is 0 Å². The van der Waals surface area contributed by atoms with E-state index in [9.17, 15) is 13.2 Å². The zero-order valence-electron chi connectivity index (χ0n) is 8.14. The van der Waals surface area contributed by atoms with E-state index in [2.05, 4.69) is 9.44 Å². The number of nitrogens with one attached hydrogen (secondary N) is 2. The van der Waals surface area contributed by atoms with Crippen molar-refractivity contribution < 1.29 is 18.3 Å². The second-order valence-corrected chi connectivity index (χ2v) is 5.05. The first-order chi connectivity index (χ1) is 6.91. The normalized spacial score (nSPS) is 18.7. The molecule has 1 unspecified atom stereocenters. The average molecular weight is 237 g/mol. The van der Waals surface area contributed by atoms with Crippen LogP contribution in [-0.4, -0.2) is 38.1 Å². The minimum Gasteiger partial charge on any atom is -0.480 e. The van der Waals surface area contributed by atoms with Crippen molar-refractivity contribution in [1.82, 2.24) is 9.44 Å². The molecule has 88 valence electrons. The van der Waals surface area contributed by atoms with Crippen LogP contribution < -0.4 is 15.2 Å². The first-order valence-electron chi connectivity index (χ1n) is 4.66. The van der Waals surface area contributed by atoms with Gasteiger partial charge in [0.1, 0.15) is 6.04 Å². The molecule has 1 rings (SSSR count). The molecule has 1 aliphatic carbocycles. The number of aliphatic carboxylic acids is 1. The van der Waals surface area contributed by atoms with E-state index in [0.29, 0.717) is 0 Å². The third kappa shape index (κ3) is 5.07. The van der Waals surface area contributed by atoms with Gasteiger partial charge >= 0.3 is 5.97 Å². The molecule has 1 saturated carbocycles. The second-order valence-electron chi connectivity index (χ2n) is 3.52. The topological polar surface area (TPSA) is 122 Å². The van der Waals surface area contributed by atoms with Crippen LogP contribution in [0.4, 0.5) is 0 Å². The fraction of sp³-hybridized carbons (Fsp3) is 0.857. The Labute approximate surface area is 88.2 Å². The Bertz CT molecular complexity index is 325. The molecule has 0 radical (unpaired) electrons. The van der Waals surface area contributed by atoms with E-state index in [1.165, 1.54) is 0 Å². The summed E-state index contributed by atoms with van der Waals surface area (Å²) in [5.74, 6) is -1.13. The molecule has 0 aromatic heterocycles. The Morgan fingerprint density at radius 1 is 1.53 bits per heavy atom. The highest BCUT2D eigenvalue weighted by Gasteiger charge is 2.26. The van der Waals surface area contributed by atoms with Gasteiger partial charge in [0.05, 0.1) is 0 Å². The smallest absolute Gasteiger partial charge is 0.320 e. The molecule has 1 fully saturated rings. The molecule has 0 saturated heterocycles. The number of nitrogens with two attached hydrogens (primary N) is 1. The first kappa shape index (κ1) is 12.4. The Hall–Kier alpha value is -0.700. The van der Waals surface area contributed by atoms with Crippen molar-refractivity contribution in [3.8, 4) is 0 Å². The molecular weight excluding hydrogens is 222 g/mol. The molecule has 8 heteroatoms. The minimum atomic E-state index is -3.49. The monoisotopic (exact) mass is 237 g/mol. The fourth-order valence-corrected chi connectivity index (χ4v) is 2.08.